The van der Waals surface area contributed by atoms with Crippen LogP contribution in [0.5, 0.6) is 0 Å². The summed E-state index contributed by atoms with van der Waals surface area (Å²) < 4.78 is 0. The van der Waals surface area contributed by atoms with Crippen molar-refractivity contribution in [1.82, 2.24) is 15.5 Å². The van der Waals surface area contributed by atoms with Gasteiger partial charge in [-0.1, -0.05) is 0 Å². The van der Waals surface area contributed by atoms with Gasteiger partial charge in [0.25, 0.3) is 0 Å². The lowest BCUT2D eigenvalue weighted by molar-refractivity contribution is 0.148. The van der Waals surface area contributed by atoms with Gasteiger partial charge in [-0.3, -0.25) is 4.90 Å². The highest BCUT2D eigenvalue weighted by Crippen LogP contribution is 2.04. The molecule has 0 aromatic carbocycles. The zero-order chi connectivity index (χ0) is 8.97. The molecule has 1 fully saturated rings. The summed E-state index contributed by atoms with van der Waals surface area (Å²) in [6.07, 6.45) is 0. The summed E-state index contributed by atoms with van der Waals surface area (Å²) in [6, 6.07) is 1.34. The average Bonchev–Trinajstić information content (AvgIpc) is 2.07. The molecule has 1 aliphatic rings. The molecule has 0 aliphatic carbocycles. The van der Waals surface area contributed by atoms with E-state index < -0.39 is 0 Å². The molecular weight excluding hydrogens is 150 g/mol. The number of hydrogen-bond acceptors (Lipinski definition) is 3. The van der Waals surface area contributed by atoms with Crippen LogP contribution < -0.4 is 10.6 Å². The molecule has 1 heterocycles. The van der Waals surface area contributed by atoms with Gasteiger partial charge in [0, 0.05) is 38.3 Å². The maximum atomic E-state index is 3.48. The van der Waals surface area contributed by atoms with Crippen LogP contribution in [0.2, 0.25) is 0 Å². The van der Waals surface area contributed by atoms with Gasteiger partial charge in [-0.05, 0) is 20.9 Å². The Morgan fingerprint density at radius 3 is 2.92 bits per heavy atom. The van der Waals surface area contributed by atoms with E-state index in [0.29, 0.717) is 12.1 Å². The Balaban J connectivity index is 2.28. The van der Waals surface area contributed by atoms with Crippen LogP contribution in [0.15, 0.2) is 0 Å². The van der Waals surface area contributed by atoms with E-state index in [1.165, 1.54) is 13.1 Å². The van der Waals surface area contributed by atoms with Crippen LogP contribution >= 0.6 is 0 Å². The Labute approximate surface area is 75.5 Å². The monoisotopic (exact) mass is 171 g/mol. The third kappa shape index (κ3) is 2.73. The smallest absolute Gasteiger partial charge is 0.0193 e. The number of likely N-dealkylation sites (N-methyl/N-ethyl adjacent to an activating group) is 1. The van der Waals surface area contributed by atoms with Crippen LogP contribution in [0.1, 0.15) is 13.8 Å². The van der Waals surface area contributed by atoms with Crippen LogP contribution in [0.25, 0.3) is 0 Å². The fourth-order valence-corrected chi connectivity index (χ4v) is 1.66. The summed E-state index contributed by atoms with van der Waals surface area (Å²) in [7, 11) is 2.01. The van der Waals surface area contributed by atoms with E-state index in [1.807, 2.05) is 7.05 Å². The molecule has 1 aliphatic heterocycles. The number of nitrogens with one attached hydrogen (secondary N) is 2. The van der Waals surface area contributed by atoms with Gasteiger partial charge in [-0.2, -0.15) is 0 Å². The van der Waals surface area contributed by atoms with E-state index in [0.717, 1.165) is 13.1 Å². The molecule has 0 bridgehead atoms. The number of nitrogens with zero attached hydrogens (tertiary/aromatic N) is 1. The van der Waals surface area contributed by atoms with Crippen molar-refractivity contribution >= 4 is 0 Å². The summed E-state index contributed by atoms with van der Waals surface area (Å²) in [5, 5.41) is 6.66. The molecule has 0 radical (unpaired) electrons. The second-order valence-corrected chi connectivity index (χ2v) is 3.76. The minimum Gasteiger partial charge on any atom is -0.318 e. The average molecular weight is 171 g/mol. The van der Waals surface area contributed by atoms with E-state index >= 15 is 0 Å². The Hall–Kier alpha value is -0.120. The maximum absolute atomic E-state index is 3.48. The van der Waals surface area contributed by atoms with Gasteiger partial charge in [-0.15, -0.1) is 0 Å². The van der Waals surface area contributed by atoms with Crippen LogP contribution in [-0.4, -0.2) is 50.2 Å². The third-order valence-corrected chi connectivity index (χ3v) is 2.54. The molecule has 3 heteroatoms. The van der Waals surface area contributed by atoms with Crippen LogP contribution in [-0.2, 0) is 0 Å². The minimum atomic E-state index is 0.651. The molecule has 1 rings (SSSR count). The highest BCUT2D eigenvalue weighted by atomic mass is 15.2. The van der Waals surface area contributed by atoms with Gasteiger partial charge in [0.2, 0.25) is 0 Å². The van der Waals surface area contributed by atoms with E-state index in [1.54, 1.807) is 0 Å². The van der Waals surface area contributed by atoms with Gasteiger partial charge >= 0.3 is 0 Å². The second-order valence-electron chi connectivity index (χ2n) is 3.76. The van der Waals surface area contributed by atoms with Gasteiger partial charge in [-0.25, -0.2) is 0 Å². The maximum Gasteiger partial charge on any atom is 0.0193 e. The van der Waals surface area contributed by atoms with Gasteiger partial charge in [0.1, 0.15) is 0 Å². The fourth-order valence-electron chi connectivity index (χ4n) is 1.66. The first kappa shape index (κ1) is 9.96. The van der Waals surface area contributed by atoms with Crippen molar-refractivity contribution in [3.8, 4) is 0 Å². The fraction of sp³-hybridized carbons (Fsp3) is 1.00. The highest BCUT2D eigenvalue weighted by Gasteiger charge is 2.20. The largest absolute Gasteiger partial charge is 0.318 e. The third-order valence-electron chi connectivity index (χ3n) is 2.54. The summed E-state index contributed by atoms with van der Waals surface area (Å²) in [4.78, 5) is 2.54. The molecule has 0 amide bonds. The van der Waals surface area contributed by atoms with Crippen LogP contribution in [0, 0.1) is 0 Å². The molecule has 72 valence electrons. The number of rotatable bonds is 3. The van der Waals surface area contributed by atoms with Crippen LogP contribution in [0.4, 0.5) is 0 Å². The van der Waals surface area contributed by atoms with Gasteiger partial charge in [0.15, 0.2) is 0 Å². The van der Waals surface area contributed by atoms with Crippen molar-refractivity contribution in [2.45, 2.75) is 25.9 Å². The predicted octanol–water partition coefficient (Wildman–Crippen LogP) is -0.112. The molecule has 0 aromatic rings. The van der Waals surface area contributed by atoms with Gasteiger partial charge < -0.3 is 10.6 Å². The highest BCUT2D eigenvalue weighted by molar-refractivity contribution is 4.81. The summed E-state index contributed by atoms with van der Waals surface area (Å²) >= 11 is 0. The molecule has 12 heavy (non-hydrogen) atoms. The Morgan fingerprint density at radius 2 is 2.25 bits per heavy atom. The quantitative estimate of drug-likeness (QED) is 0.620. The molecule has 1 saturated heterocycles. The van der Waals surface area contributed by atoms with Crippen LogP contribution in [0.3, 0.4) is 0 Å². The van der Waals surface area contributed by atoms with E-state index in [4.69, 9.17) is 0 Å². The zero-order valence-corrected chi connectivity index (χ0v) is 8.43. The summed E-state index contributed by atoms with van der Waals surface area (Å²) in [6.45, 7) is 9.11. The van der Waals surface area contributed by atoms with E-state index in [9.17, 15) is 0 Å². The topological polar surface area (TPSA) is 27.3 Å². The molecule has 0 spiro atoms. The number of piperazine rings is 1. The lowest BCUT2D eigenvalue weighted by Crippen LogP contribution is -2.55. The van der Waals surface area contributed by atoms with Crippen molar-refractivity contribution < 1.29 is 0 Å². The minimum absolute atomic E-state index is 0.651. The van der Waals surface area contributed by atoms with Crippen molar-refractivity contribution in [1.29, 1.82) is 0 Å². The van der Waals surface area contributed by atoms with Crippen molar-refractivity contribution in [3.05, 3.63) is 0 Å². The lowest BCUT2D eigenvalue weighted by atomic mass is 10.1. The molecule has 2 unspecified atom stereocenters. The first-order valence-electron chi connectivity index (χ1n) is 4.86. The van der Waals surface area contributed by atoms with Crippen molar-refractivity contribution in [2.24, 2.45) is 0 Å². The lowest BCUT2D eigenvalue weighted by Gasteiger charge is -2.37. The van der Waals surface area contributed by atoms with E-state index in [-0.39, 0.29) is 0 Å². The van der Waals surface area contributed by atoms with Crippen molar-refractivity contribution in [3.63, 3.8) is 0 Å². The SMILES string of the molecule is CNCCN1CC(C)NCC1C. The molecule has 2 N–H and O–H groups in total. The zero-order valence-electron chi connectivity index (χ0n) is 8.43. The Kier molecular flexibility index (Phi) is 3.98. The molecule has 2 atom stereocenters. The first-order valence-corrected chi connectivity index (χ1v) is 4.86. The Morgan fingerprint density at radius 1 is 1.50 bits per heavy atom. The summed E-state index contributed by atoms with van der Waals surface area (Å²) in [5.74, 6) is 0. The molecule has 0 saturated carbocycles. The molecule has 0 aromatic heterocycles. The standard InChI is InChI=1S/C9H21N3/c1-8-7-12(5-4-10-3)9(2)6-11-8/h8-11H,4-7H2,1-3H3. The summed E-state index contributed by atoms with van der Waals surface area (Å²) in [5.41, 5.74) is 0. The molecular formula is C9H21N3. The first-order chi connectivity index (χ1) is 5.74. The predicted molar refractivity (Wildman–Crippen MR) is 52.4 cm³/mol. The number of hydrogen-bond donors (Lipinski definition) is 2. The normalized spacial score (nSPS) is 32.2. The second kappa shape index (κ2) is 4.80. The molecule has 3 nitrogen and oxygen atoms in total. The Bertz CT molecular complexity index is 127. The van der Waals surface area contributed by atoms with Gasteiger partial charge in [0.05, 0.1) is 0 Å². The van der Waals surface area contributed by atoms with Crippen molar-refractivity contribution in [2.75, 3.05) is 33.2 Å². The van der Waals surface area contributed by atoms with E-state index in [2.05, 4.69) is 29.4 Å².